The van der Waals surface area contributed by atoms with Gasteiger partial charge in [0, 0.05) is 6.54 Å². The van der Waals surface area contributed by atoms with Crippen LogP contribution in [-0.4, -0.2) is 44.2 Å². The predicted octanol–water partition coefficient (Wildman–Crippen LogP) is 4.90. The monoisotopic (exact) mass is 356 g/mol. The van der Waals surface area contributed by atoms with Crippen molar-refractivity contribution in [1.82, 2.24) is 4.90 Å². The summed E-state index contributed by atoms with van der Waals surface area (Å²) in [6, 6.07) is 0. The molecule has 4 nitrogen and oxygen atoms in total. The van der Waals surface area contributed by atoms with Crippen molar-refractivity contribution in [3.05, 3.63) is 0 Å². The lowest BCUT2D eigenvalue weighted by Crippen LogP contribution is -2.25. The summed E-state index contributed by atoms with van der Waals surface area (Å²) in [5, 5.41) is 0. The Labute approximate surface area is 156 Å². The highest BCUT2D eigenvalue weighted by Crippen LogP contribution is 2.11. The molecule has 0 aliphatic carbocycles. The number of ether oxygens (including phenoxy) is 1. The van der Waals surface area contributed by atoms with Crippen LogP contribution in [0.3, 0.4) is 0 Å². The van der Waals surface area contributed by atoms with E-state index in [1.165, 1.54) is 70.6 Å². The van der Waals surface area contributed by atoms with Crippen LogP contribution >= 0.6 is 0 Å². The third-order valence-corrected chi connectivity index (χ3v) is 4.70. The Hall–Kier alpha value is -0.610. The van der Waals surface area contributed by atoms with Crippen molar-refractivity contribution in [2.24, 2.45) is 5.73 Å². The van der Waals surface area contributed by atoms with Crippen molar-refractivity contribution < 1.29 is 9.53 Å². The average Bonchev–Trinajstić information content (AvgIpc) is 2.62. The van der Waals surface area contributed by atoms with E-state index in [2.05, 4.69) is 11.8 Å². The first-order chi connectivity index (χ1) is 12.2. The van der Waals surface area contributed by atoms with E-state index in [0.29, 0.717) is 19.6 Å². The van der Waals surface area contributed by atoms with Crippen LogP contribution in [0.5, 0.6) is 0 Å². The van der Waals surface area contributed by atoms with Gasteiger partial charge >= 0.3 is 5.97 Å². The number of carbonyl (C=O) groups is 1. The van der Waals surface area contributed by atoms with E-state index >= 15 is 0 Å². The van der Waals surface area contributed by atoms with Gasteiger partial charge in [0.1, 0.15) is 0 Å². The molecule has 2 N–H and O–H groups in total. The summed E-state index contributed by atoms with van der Waals surface area (Å²) < 4.78 is 5.30. The summed E-state index contributed by atoms with van der Waals surface area (Å²) in [5.41, 5.74) is 5.48. The van der Waals surface area contributed by atoms with Gasteiger partial charge in [-0.05, 0) is 33.0 Å². The zero-order valence-electron chi connectivity index (χ0n) is 17.1. The zero-order valence-corrected chi connectivity index (χ0v) is 17.1. The molecule has 0 spiro atoms. The molecule has 0 aliphatic rings. The molecule has 0 radical (unpaired) electrons. The molecular weight excluding hydrogens is 312 g/mol. The summed E-state index contributed by atoms with van der Waals surface area (Å²) in [4.78, 5) is 13.8. The first-order valence-electron chi connectivity index (χ1n) is 10.7. The average molecular weight is 357 g/mol. The van der Waals surface area contributed by atoms with E-state index in [-0.39, 0.29) is 5.97 Å². The van der Waals surface area contributed by atoms with Gasteiger partial charge in [-0.15, -0.1) is 0 Å². The van der Waals surface area contributed by atoms with E-state index < -0.39 is 0 Å². The molecule has 0 atom stereocenters. The topological polar surface area (TPSA) is 55.6 Å². The second-order valence-electron chi connectivity index (χ2n) is 7.31. The second kappa shape index (κ2) is 19.7. The fraction of sp³-hybridized carbons (Fsp3) is 0.952. The second-order valence-corrected chi connectivity index (χ2v) is 7.31. The molecule has 150 valence electrons. The van der Waals surface area contributed by atoms with Gasteiger partial charge in [-0.2, -0.15) is 0 Å². The molecule has 0 aromatic carbocycles. The van der Waals surface area contributed by atoms with Crippen LogP contribution < -0.4 is 5.73 Å². The first kappa shape index (κ1) is 24.4. The summed E-state index contributed by atoms with van der Waals surface area (Å²) in [6.45, 7) is 5.26. The normalized spacial score (nSPS) is 11.2. The van der Waals surface area contributed by atoms with Crippen LogP contribution in [0, 0.1) is 0 Å². The number of nitrogens with two attached hydrogens (primary N) is 1. The number of carbonyl (C=O) groups excluding carboxylic acids is 1. The molecular formula is C21H44N2O2. The van der Waals surface area contributed by atoms with E-state index in [4.69, 9.17) is 10.5 Å². The molecule has 0 heterocycles. The standard InChI is InChI=1S/C21H44N2O2/c1-3-4-5-6-7-8-9-10-11-12-13-14-20-25-21(24)16-19-23(2)18-15-17-22/h3-20,22H2,1-2H3. The summed E-state index contributed by atoms with van der Waals surface area (Å²) >= 11 is 0. The molecule has 0 rings (SSSR count). The highest BCUT2D eigenvalue weighted by molar-refractivity contribution is 5.69. The number of esters is 1. The fourth-order valence-corrected chi connectivity index (χ4v) is 2.96. The van der Waals surface area contributed by atoms with Gasteiger partial charge in [0.05, 0.1) is 13.0 Å². The maximum atomic E-state index is 11.6. The summed E-state index contributed by atoms with van der Waals surface area (Å²) in [7, 11) is 2.02. The Bertz CT molecular complexity index is 285. The van der Waals surface area contributed by atoms with Crippen molar-refractivity contribution in [3.63, 3.8) is 0 Å². The van der Waals surface area contributed by atoms with Gasteiger partial charge in [0.25, 0.3) is 0 Å². The van der Waals surface area contributed by atoms with Gasteiger partial charge in [-0.25, -0.2) is 0 Å². The summed E-state index contributed by atoms with van der Waals surface area (Å²) in [6.07, 6.45) is 17.4. The van der Waals surface area contributed by atoms with Crippen molar-refractivity contribution in [2.45, 2.75) is 96.8 Å². The summed E-state index contributed by atoms with van der Waals surface area (Å²) in [5.74, 6) is -0.0670. The van der Waals surface area contributed by atoms with Crippen LogP contribution in [0.2, 0.25) is 0 Å². The van der Waals surface area contributed by atoms with Gasteiger partial charge in [0.2, 0.25) is 0 Å². The SMILES string of the molecule is CCCCCCCCCCCCCCOC(=O)CCN(C)CCCN. The highest BCUT2D eigenvalue weighted by atomic mass is 16.5. The quantitative estimate of drug-likeness (QED) is 0.264. The largest absolute Gasteiger partial charge is 0.466 e. The molecule has 0 unspecified atom stereocenters. The third-order valence-electron chi connectivity index (χ3n) is 4.70. The minimum atomic E-state index is -0.0670. The van der Waals surface area contributed by atoms with Gasteiger partial charge < -0.3 is 15.4 Å². The van der Waals surface area contributed by atoms with Crippen LogP contribution in [-0.2, 0) is 9.53 Å². The Kier molecular flexibility index (Phi) is 19.2. The minimum absolute atomic E-state index is 0.0670. The fourth-order valence-electron chi connectivity index (χ4n) is 2.96. The van der Waals surface area contributed by atoms with E-state index in [9.17, 15) is 4.79 Å². The highest BCUT2D eigenvalue weighted by Gasteiger charge is 2.05. The number of nitrogens with zero attached hydrogens (tertiary/aromatic N) is 1. The number of hydrogen-bond donors (Lipinski definition) is 1. The van der Waals surface area contributed by atoms with Crippen molar-refractivity contribution in [3.8, 4) is 0 Å². The molecule has 0 fully saturated rings. The lowest BCUT2D eigenvalue weighted by Gasteiger charge is -2.15. The zero-order chi connectivity index (χ0) is 18.6. The maximum Gasteiger partial charge on any atom is 0.307 e. The van der Waals surface area contributed by atoms with Gasteiger partial charge in [-0.3, -0.25) is 4.79 Å². The van der Waals surface area contributed by atoms with Crippen LogP contribution in [0.4, 0.5) is 0 Å². The molecule has 0 amide bonds. The first-order valence-corrected chi connectivity index (χ1v) is 10.7. The molecule has 0 bridgehead atoms. The lowest BCUT2D eigenvalue weighted by molar-refractivity contribution is -0.144. The van der Waals surface area contributed by atoms with E-state index in [0.717, 1.165) is 25.9 Å². The molecule has 0 saturated carbocycles. The van der Waals surface area contributed by atoms with E-state index in [1.54, 1.807) is 0 Å². The number of rotatable bonds is 19. The predicted molar refractivity (Wildman–Crippen MR) is 108 cm³/mol. The van der Waals surface area contributed by atoms with Crippen molar-refractivity contribution in [2.75, 3.05) is 33.3 Å². The maximum absolute atomic E-state index is 11.6. The Balaban J connectivity index is 3.21. The Morgan fingerprint density at radius 2 is 1.32 bits per heavy atom. The number of hydrogen-bond acceptors (Lipinski definition) is 4. The minimum Gasteiger partial charge on any atom is -0.466 e. The van der Waals surface area contributed by atoms with Gasteiger partial charge in [-0.1, -0.05) is 77.6 Å². The lowest BCUT2D eigenvalue weighted by atomic mass is 10.1. The molecule has 25 heavy (non-hydrogen) atoms. The molecule has 0 aromatic heterocycles. The van der Waals surface area contributed by atoms with Gasteiger partial charge in [0.15, 0.2) is 0 Å². The molecule has 0 aliphatic heterocycles. The van der Waals surface area contributed by atoms with Crippen molar-refractivity contribution >= 4 is 5.97 Å². The van der Waals surface area contributed by atoms with E-state index in [1.807, 2.05) is 7.05 Å². The Morgan fingerprint density at radius 1 is 0.800 bits per heavy atom. The van der Waals surface area contributed by atoms with Crippen LogP contribution in [0.1, 0.15) is 96.8 Å². The number of unbranched alkanes of at least 4 members (excludes halogenated alkanes) is 11. The third kappa shape index (κ3) is 19.6. The Morgan fingerprint density at radius 3 is 1.84 bits per heavy atom. The van der Waals surface area contributed by atoms with Crippen molar-refractivity contribution in [1.29, 1.82) is 0 Å². The molecule has 0 aromatic rings. The smallest absolute Gasteiger partial charge is 0.307 e. The molecule has 0 saturated heterocycles. The van der Waals surface area contributed by atoms with Crippen LogP contribution in [0.15, 0.2) is 0 Å². The van der Waals surface area contributed by atoms with Crippen LogP contribution in [0.25, 0.3) is 0 Å². The molecule has 4 heteroatoms.